The zero-order valence-electron chi connectivity index (χ0n) is 11.3. The lowest BCUT2D eigenvalue weighted by Gasteiger charge is -2.12. The smallest absolute Gasteiger partial charge is 0.337 e. The largest absolute Gasteiger partial charge is 0.478 e. The standard InChI is InChI=1S/C14H12Br2N2O3/c1-7-3-4-11(18(7)2)13(19)17-12-9(14(20)21)5-8(15)6-10(12)16/h3-6H,1-2H3,(H,17,19)(H,20,21). The number of aromatic nitrogens is 1. The van der Waals surface area contributed by atoms with Gasteiger partial charge in [0.2, 0.25) is 0 Å². The zero-order chi connectivity index (χ0) is 15.7. The Morgan fingerprint density at radius 2 is 1.90 bits per heavy atom. The number of hydrogen-bond donors (Lipinski definition) is 2. The molecule has 110 valence electrons. The number of rotatable bonds is 3. The van der Waals surface area contributed by atoms with Crippen LogP contribution in [0.4, 0.5) is 5.69 Å². The van der Waals surface area contributed by atoms with E-state index >= 15 is 0 Å². The molecule has 0 spiro atoms. The van der Waals surface area contributed by atoms with E-state index in [0.29, 0.717) is 14.6 Å². The van der Waals surface area contributed by atoms with Gasteiger partial charge in [-0.3, -0.25) is 4.79 Å². The van der Waals surface area contributed by atoms with E-state index in [0.717, 1.165) is 5.69 Å². The monoisotopic (exact) mass is 414 g/mol. The van der Waals surface area contributed by atoms with Crippen LogP contribution in [0.5, 0.6) is 0 Å². The van der Waals surface area contributed by atoms with E-state index in [2.05, 4.69) is 37.2 Å². The number of anilines is 1. The van der Waals surface area contributed by atoms with Crippen molar-refractivity contribution in [2.75, 3.05) is 5.32 Å². The highest BCUT2D eigenvalue weighted by molar-refractivity contribution is 9.11. The topological polar surface area (TPSA) is 71.3 Å². The van der Waals surface area contributed by atoms with Gasteiger partial charge in [-0.15, -0.1) is 0 Å². The number of carbonyl (C=O) groups is 2. The van der Waals surface area contributed by atoms with Crippen LogP contribution in [-0.2, 0) is 7.05 Å². The van der Waals surface area contributed by atoms with Crippen molar-refractivity contribution in [3.05, 3.63) is 50.2 Å². The Labute approximate surface area is 138 Å². The summed E-state index contributed by atoms with van der Waals surface area (Å²) in [6, 6.07) is 6.64. The number of hydrogen-bond acceptors (Lipinski definition) is 2. The number of carboxylic acid groups (broad SMARTS) is 1. The van der Waals surface area contributed by atoms with Crippen LogP contribution in [0, 0.1) is 6.92 Å². The fourth-order valence-corrected chi connectivity index (χ4v) is 3.21. The third-order valence-corrected chi connectivity index (χ3v) is 4.21. The number of halogens is 2. The number of amides is 1. The Morgan fingerprint density at radius 3 is 2.43 bits per heavy atom. The molecule has 0 unspecified atom stereocenters. The molecule has 1 heterocycles. The van der Waals surface area contributed by atoms with Crippen molar-refractivity contribution < 1.29 is 14.7 Å². The lowest BCUT2D eigenvalue weighted by molar-refractivity contribution is 0.0698. The molecule has 0 fully saturated rings. The SMILES string of the molecule is Cc1ccc(C(=O)Nc2c(Br)cc(Br)cc2C(=O)O)n1C. The molecule has 1 amide bonds. The first kappa shape index (κ1) is 15.8. The van der Waals surface area contributed by atoms with Crippen molar-refractivity contribution in [1.29, 1.82) is 0 Å². The van der Waals surface area contributed by atoms with Crippen LogP contribution in [0.3, 0.4) is 0 Å². The highest BCUT2D eigenvalue weighted by atomic mass is 79.9. The second-order valence-electron chi connectivity index (χ2n) is 4.49. The molecule has 1 aromatic carbocycles. The van der Waals surface area contributed by atoms with Crippen LogP contribution in [0.25, 0.3) is 0 Å². The van der Waals surface area contributed by atoms with Crippen molar-refractivity contribution in [1.82, 2.24) is 4.57 Å². The quantitative estimate of drug-likeness (QED) is 0.800. The van der Waals surface area contributed by atoms with E-state index in [1.165, 1.54) is 6.07 Å². The average molecular weight is 416 g/mol. The molecule has 0 radical (unpaired) electrons. The van der Waals surface area contributed by atoms with Crippen molar-refractivity contribution in [2.45, 2.75) is 6.92 Å². The predicted octanol–water partition coefficient (Wildman–Crippen LogP) is 3.81. The van der Waals surface area contributed by atoms with Crippen LogP contribution < -0.4 is 5.32 Å². The Morgan fingerprint density at radius 1 is 1.24 bits per heavy atom. The van der Waals surface area contributed by atoms with Crippen LogP contribution in [0.2, 0.25) is 0 Å². The summed E-state index contributed by atoms with van der Waals surface area (Å²) in [6.07, 6.45) is 0. The van der Waals surface area contributed by atoms with Gasteiger partial charge in [0, 0.05) is 21.7 Å². The van der Waals surface area contributed by atoms with Crippen LogP contribution in [0.15, 0.2) is 33.2 Å². The Hall–Kier alpha value is -1.60. The molecule has 2 N–H and O–H groups in total. The molecule has 7 heteroatoms. The van der Waals surface area contributed by atoms with Crippen molar-refractivity contribution in [3.8, 4) is 0 Å². The van der Waals surface area contributed by atoms with Crippen LogP contribution >= 0.6 is 31.9 Å². The zero-order valence-corrected chi connectivity index (χ0v) is 14.4. The number of aryl methyl sites for hydroxylation is 1. The number of nitrogens with one attached hydrogen (secondary N) is 1. The van der Waals surface area contributed by atoms with E-state index in [1.807, 2.05) is 13.0 Å². The van der Waals surface area contributed by atoms with Gasteiger partial charge in [-0.05, 0) is 47.1 Å². The van der Waals surface area contributed by atoms with Crippen molar-refractivity contribution in [3.63, 3.8) is 0 Å². The third kappa shape index (κ3) is 3.19. The molecule has 5 nitrogen and oxygen atoms in total. The number of aromatic carboxylic acids is 1. The first-order valence-corrected chi connectivity index (χ1v) is 7.56. The van der Waals surface area contributed by atoms with Gasteiger partial charge in [-0.1, -0.05) is 15.9 Å². The second-order valence-corrected chi connectivity index (χ2v) is 6.26. The van der Waals surface area contributed by atoms with Gasteiger partial charge in [-0.2, -0.15) is 0 Å². The Balaban J connectivity index is 2.42. The Bertz CT molecular complexity index is 738. The van der Waals surface area contributed by atoms with E-state index in [1.54, 1.807) is 23.7 Å². The molecule has 21 heavy (non-hydrogen) atoms. The molecule has 0 saturated carbocycles. The fraction of sp³-hybridized carbons (Fsp3) is 0.143. The highest BCUT2D eigenvalue weighted by Gasteiger charge is 2.19. The third-order valence-electron chi connectivity index (χ3n) is 3.13. The molecular formula is C14H12Br2N2O3. The minimum atomic E-state index is -1.12. The van der Waals surface area contributed by atoms with Crippen molar-refractivity contribution in [2.24, 2.45) is 7.05 Å². The molecule has 0 aliphatic heterocycles. The number of carbonyl (C=O) groups excluding carboxylic acids is 1. The molecule has 2 aromatic rings. The first-order valence-electron chi connectivity index (χ1n) is 5.97. The Kier molecular flexibility index (Phi) is 4.53. The summed E-state index contributed by atoms with van der Waals surface area (Å²) in [4.78, 5) is 23.6. The maximum Gasteiger partial charge on any atom is 0.337 e. The molecule has 2 rings (SSSR count). The summed E-state index contributed by atoms with van der Waals surface area (Å²) in [5, 5.41) is 11.9. The van der Waals surface area contributed by atoms with Gasteiger partial charge in [0.25, 0.3) is 5.91 Å². The fourth-order valence-electron chi connectivity index (χ4n) is 1.89. The molecule has 0 atom stereocenters. The summed E-state index contributed by atoms with van der Waals surface area (Å²) in [5.74, 6) is -1.48. The highest BCUT2D eigenvalue weighted by Crippen LogP contribution is 2.31. The maximum absolute atomic E-state index is 12.3. The summed E-state index contributed by atoms with van der Waals surface area (Å²) in [7, 11) is 1.78. The lowest BCUT2D eigenvalue weighted by Crippen LogP contribution is -2.18. The minimum absolute atomic E-state index is 0.00975. The summed E-state index contributed by atoms with van der Waals surface area (Å²) in [6.45, 7) is 1.88. The van der Waals surface area contributed by atoms with E-state index < -0.39 is 5.97 Å². The van der Waals surface area contributed by atoms with Crippen LogP contribution in [-0.4, -0.2) is 21.6 Å². The van der Waals surface area contributed by atoms with E-state index in [9.17, 15) is 14.7 Å². The molecule has 1 aromatic heterocycles. The minimum Gasteiger partial charge on any atom is -0.478 e. The van der Waals surface area contributed by atoms with Gasteiger partial charge < -0.3 is 15.0 Å². The number of benzene rings is 1. The van der Waals surface area contributed by atoms with Gasteiger partial charge >= 0.3 is 5.97 Å². The van der Waals surface area contributed by atoms with Crippen molar-refractivity contribution >= 4 is 49.4 Å². The van der Waals surface area contributed by atoms with Gasteiger partial charge in [-0.25, -0.2) is 4.79 Å². The summed E-state index contributed by atoms with van der Waals surface area (Å²) < 4.78 is 2.84. The van der Waals surface area contributed by atoms with Gasteiger partial charge in [0.05, 0.1) is 11.3 Å². The summed E-state index contributed by atoms with van der Waals surface area (Å²) >= 11 is 6.51. The second kappa shape index (κ2) is 6.03. The van der Waals surface area contributed by atoms with Crippen LogP contribution in [0.1, 0.15) is 26.5 Å². The molecular weight excluding hydrogens is 404 g/mol. The number of carboxylic acids is 1. The maximum atomic E-state index is 12.3. The lowest BCUT2D eigenvalue weighted by atomic mass is 10.1. The van der Waals surface area contributed by atoms with E-state index in [-0.39, 0.29) is 17.2 Å². The molecule has 0 bridgehead atoms. The first-order chi connectivity index (χ1) is 9.81. The molecule has 0 saturated heterocycles. The molecule has 0 aliphatic carbocycles. The van der Waals surface area contributed by atoms with E-state index in [4.69, 9.17) is 0 Å². The predicted molar refractivity (Wildman–Crippen MR) is 86.9 cm³/mol. The van der Waals surface area contributed by atoms with Gasteiger partial charge in [0.1, 0.15) is 5.69 Å². The normalized spacial score (nSPS) is 10.5. The molecule has 0 aliphatic rings. The summed E-state index contributed by atoms with van der Waals surface area (Å²) in [5.41, 5.74) is 1.64. The van der Waals surface area contributed by atoms with Gasteiger partial charge in [0.15, 0.2) is 0 Å². The number of nitrogens with zero attached hydrogens (tertiary/aromatic N) is 1. The average Bonchev–Trinajstić information content (AvgIpc) is 2.72.